The molecule has 1 saturated heterocycles. The Bertz CT molecular complexity index is 905. The Kier molecular flexibility index (Phi) is 6.66. The highest BCUT2D eigenvalue weighted by Crippen LogP contribution is 2.25. The average Bonchev–Trinajstić information content (AvgIpc) is 3.19. The largest absolute Gasteiger partial charge is 0.385 e. The molecule has 2 N–H and O–H groups in total. The van der Waals surface area contributed by atoms with Crippen molar-refractivity contribution in [1.82, 2.24) is 25.1 Å². The Balaban J connectivity index is 1.39. The third kappa shape index (κ3) is 5.09. The number of nitrogens with one attached hydrogen (secondary N) is 2. The summed E-state index contributed by atoms with van der Waals surface area (Å²) in [6.07, 6.45) is 6.60. The van der Waals surface area contributed by atoms with E-state index in [2.05, 4.69) is 45.0 Å². The number of hydrogen-bond donors (Lipinski definition) is 2. The molecule has 0 amide bonds. The second-order valence-corrected chi connectivity index (χ2v) is 7.25. The third-order valence-electron chi connectivity index (χ3n) is 5.11. The standard InChI is InChI=1S/C21H28N6O2/c1-28-10-2-9-22-13-16-3-5-18(6-4-16)25-21-23-14-17-15-24-27(20(17)26-21)19-7-11-29-12-8-19/h3-6,14-15,19,22H,2,7-13H2,1H3,(H,23,25,26). The van der Waals surface area contributed by atoms with Crippen LogP contribution in [0.3, 0.4) is 0 Å². The molecule has 0 radical (unpaired) electrons. The van der Waals surface area contributed by atoms with Crippen molar-refractivity contribution < 1.29 is 9.47 Å². The summed E-state index contributed by atoms with van der Waals surface area (Å²) in [5.41, 5.74) is 3.07. The van der Waals surface area contributed by atoms with Gasteiger partial charge in [0, 0.05) is 45.4 Å². The van der Waals surface area contributed by atoms with Gasteiger partial charge in [0.2, 0.25) is 5.95 Å². The Morgan fingerprint density at radius 2 is 2.00 bits per heavy atom. The first kappa shape index (κ1) is 19.8. The van der Waals surface area contributed by atoms with Gasteiger partial charge in [-0.1, -0.05) is 12.1 Å². The summed E-state index contributed by atoms with van der Waals surface area (Å²) < 4.78 is 12.5. The number of methoxy groups -OCH3 is 1. The molecule has 0 bridgehead atoms. The van der Waals surface area contributed by atoms with Gasteiger partial charge in [0.1, 0.15) is 0 Å². The van der Waals surface area contributed by atoms with E-state index in [0.29, 0.717) is 12.0 Å². The minimum absolute atomic E-state index is 0.333. The second-order valence-electron chi connectivity index (χ2n) is 7.25. The summed E-state index contributed by atoms with van der Waals surface area (Å²) in [5, 5.41) is 12.2. The predicted molar refractivity (Wildman–Crippen MR) is 112 cm³/mol. The molecule has 1 aliphatic rings. The lowest BCUT2D eigenvalue weighted by molar-refractivity contribution is 0.0673. The predicted octanol–water partition coefficient (Wildman–Crippen LogP) is 3.05. The molecule has 29 heavy (non-hydrogen) atoms. The maximum atomic E-state index is 5.47. The molecule has 0 spiro atoms. The van der Waals surface area contributed by atoms with E-state index in [4.69, 9.17) is 14.5 Å². The highest BCUT2D eigenvalue weighted by Gasteiger charge is 2.19. The van der Waals surface area contributed by atoms with Gasteiger partial charge in [0.25, 0.3) is 0 Å². The summed E-state index contributed by atoms with van der Waals surface area (Å²) >= 11 is 0. The number of ether oxygens (including phenoxy) is 2. The van der Waals surface area contributed by atoms with Crippen LogP contribution in [0.1, 0.15) is 30.9 Å². The van der Waals surface area contributed by atoms with Crippen molar-refractivity contribution in [3.63, 3.8) is 0 Å². The smallest absolute Gasteiger partial charge is 0.229 e. The van der Waals surface area contributed by atoms with Crippen molar-refractivity contribution in [2.45, 2.75) is 31.8 Å². The van der Waals surface area contributed by atoms with Gasteiger partial charge < -0.3 is 20.1 Å². The lowest BCUT2D eigenvalue weighted by Gasteiger charge is -2.22. The van der Waals surface area contributed by atoms with Crippen molar-refractivity contribution >= 4 is 22.7 Å². The lowest BCUT2D eigenvalue weighted by Crippen LogP contribution is -2.20. The van der Waals surface area contributed by atoms with Crippen LogP contribution in [0.15, 0.2) is 36.7 Å². The first-order valence-electron chi connectivity index (χ1n) is 10.2. The fourth-order valence-corrected chi connectivity index (χ4v) is 3.50. The van der Waals surface area contributed by atoms with Crippen LogP contribution in [0.4, 0.5) is 11.6 Å². The number of rotatable bonds is 9. The van der Waals surface area contributed by atoms with Gasteiger partial charge in [-0.3, -0.25) is 0 Å². The third-order valence-corrected chi connectivity index (χ3v) is 5.11. The molecule has 2 aromatic heterocycles. The molecule has 3 heterocycles. The first-order valence-corrected chi connectivity index (χ1v) is 10.2. The van der Waals surface area contributed by atoms with Crippen molar-refractivity contribution in [2.24, 2.45) is 0 Å². The van der Waals surface area contributed by atoms with E-state index in [1.54, 1.807) is 7.11 Å². The Hall–Kier alpha value is -2.55. The van der Waals surface area contributed by atoms with Crippen molar-refractivity contribution in [1.29, 1.82) is 0 Å². The summed E-state index contributed by atoms with van der Waals surface area (Å²) in [4.78, 5) is 9.16. The van der Waals surface area contributed by atoms with Crippen molar-refractivity contribution in [3.05, 3.63) is 42.2 Å². The van der Waals surface area contributed by atoms with Gasteiger partial charge in [-0.05, 0) is 43.5 Å². The molecule has 8 heteroatoms. The fraction of sp³-hybridized carbons (Fsp3) is 0.476. The Labute approximate surface area is 170 Å². The number of hydrogen-bond acceptors (Lipinski definition) is 7. The number of nitrogens with zero attached hydrogens (tertiary/aromatic N) is 4. The van der Waals surface area contributed by atoms with Crippen LogP contribution < -0.4 is 10.6 Å². The topological polar surface area (TPSA) is 86.1 Å². The van der Waals surface area contributed by atoms with Crippen LogP contribution >= 0.6 is 0 Å². The van der Waals surface area contributed by atoms with E-state index in [1.165, 1.54) is 5.56 Å². The van der Waals surface area contributed by atoms with Crippen molar-refractivity contribution in [2.75, 3.05) is 38.8 Å². The van der Waals surface area contributed by atoms with Crippen LogP contribution in [-0.4, -0.2) is 53.2 Å². The summed E-state index contributed by atoms with van der Waals surface area (Å²) in [6, 6.07) is 8.65. The summed E-state index contributed by atoms with van der Waals surface area (Å²) in [6.45, 7) is 4.12. The van der Waals surface area contributed by atoms with Crippen LogP contribution in [-0.2, 0) is 16.0 Å². The van der Waals surface area contributed by atoms with E-state index in [-0.39, 0.29) is 0 Å². The van der Waals surface area contributed by atoms with E-state index in [0.717, 1.165) is 68.9 Å². The molecular formula is C21H28N6O2. The van der Waals surface area contributed by atoms with Crippen LogP contribution in [0.5, 0.6) is 0 Å². The SMILES string of the molecule is COCCCNCc1ccc(Nc2ncc3cnn(C4CCOCC4)c3n2)cc1. The molecular weight excluding hydrogens is 368 g/mol. The van der Waals surface area contributed by atoms with Gasteiger partial charge in [-0.25, -0.2) is 9.67 Å². The number of benzene rings is 1. The average molecular weight is 396 g/mol. The van der Waals surface area contributed by atoms with E-state index >= 15 is 0 Å². The number of anilines is 2. The fourth-order valence-electron chi connectivity index (χ4n) is 3.50. The van der Waals surface area contributed by atoms with Gasteiger partial charge in [0.15, 0.2) is 5.65 Å². The van der Waals surface area contributed by atoms with E-state index < -0.39 is 0 Å². The number of aromatic nitrogens is 4. The second kappa shape index (κ2) is 9.78. The molecule has 3 aromatic rings. The van der Waals surface area contributed by atoms with E-state index in [9.17, 15) is 0 Å². The molecule has 1 aliphatic heterocycles. The maximum absolute atomic E-state index is 5.47. The minimum Gasteiger partial charge on any atom is -0.385 e. The zero-order valence-electron chi connectivity index (χ0n) is 16.8. The molecule has 1 aromatic carbocycles. The monoisotopic (exact) mass is 396 g/mol. The van der Waals surface area contributed by atoms with Gasteiger partial charge in [-0.15, -0.1) is 0 Å². The van der Waals surface area contributed by atoms with Gasteiger partial charge in [0.05, 0.1) is 17.6 Å². The van der Waals surface area contributed by atoms with E-state index in [1.807, 2.05) is 17.1 Å². The molecule has 0 saturated carbocycles. The van der Waals surface area contributed by atoms with Crippen LogP contribution in [0.2, 0.25) is 0 Å². The highest BCUT2D eigenvalue weighted by atomic mass is 16.5. The summed E-state index contributed by atoms with van der Waals surface area (Å²) in [5.74, 6) is 0.580. The van der Waals surface area contributed by atoms with Crippen LogP contribution in [0, 0.1) is 0 Å². The zero-order chi connectivity index (χ0) is 19.9. The zero-order valence-corrected chi connectivity index (χ0v) is 16.8. The van der Waals surface area contributed by atoms with Crippen molar-refractivity contribution in [3.8, 4) is 0 Å². The lowest BCUT2D eigenvalue weighted by atomic mass is 10.1. The van der Waals surface area contributed by atoms with Gasteiger partial charge >= 0.3 is 0 Å². The quantitative estimate of drug-likeness (QED) is 0.538. The molecule has 0 aliphatic carbocycles. The number of fused-ring (bicyclic) bond motifs is 1. The molecule has 4 rings (SSSR count). The summed E-state index contributed by atoms with van der Waals surface area (Å²) in [7, 11) is 1.73. The molecule has 154 valence electrons. The molecule has 8 nitrogen and oxygen atoms in total. The maximum Gasteiger partial charge on any atom is 0.229 e. The molecule has 0 atom stereocenters. The van der Waals surface area contributed by atoms with Crippen LogP contribution in [0.25, 0.3) is 11.0 Å². The van der Waals surface area contributed by atoms with Gasteiger partial charge in [-0.2, -0.15) is 10.1 Å². The Morgan fingerprint density at radius 3 is 2.79 bits per heavy atom. The minimum atomic E-state index is 0.333. The first-order chi connectivity index (χ1) is 14.3. The normalized spacial score (nSPS) is 15.1. The molecule has 0 unspecified atom stereocenters. The molecule has 1 fully saturated rings. The highest BCUT2D eigenvalue weighted by molar-refractivity contribution is 5.75. The Morgan fingerprint density at radius 1 is 1.17 bits per heavy atom.